The van der Waals surface area contributed by atoms with E-state index in [9.17, 15) is 4.21 Å². The maximum absolute atomic E-state index is 11.2. The Morgan fingerprint density at radius 2 is 2.20 bits per heavy atom. The van der Waals surface area contributed by atoms with Crippen LogP contribution in [0.4, 0.5) is 5.69 Å². The summed E-state index contributed by atoms with van der Waals surface area (Å²) in [5.41, 5.74) is 2.15. The van der Waals surface area contributed by atoms with Crippen LogP contribution in [0, 0.1) is 6.92 Å². The normalized spacial score (nSPS) is 26.2. The summed E-state index contributed by atoms with van der Waals surface area (Å²) >= 11 is 0. The summed E-state index contributed by atoms with van der Waals surface area (Å²) in [6.07, 6.45) is 3.83. The third-order valence-electron chi connectivity index (χ3n) is 2.66. The molecule has 1 saturated heterocycles. The molecule has 1 fully saturated rings. The van der Waals surface area contributed by atoms with Crippen LogP contribution in [-0.2, 0) is 10.8 Å². The van der Waals surface area contributed by atoms with Gasteiger partial charge in [0.25, 0.3) is 0 Å². The summed E-state index contributed by atoms with van der Waals surface area (Å²) in [7, 11) is -0.576. The number of aromatic nitrogens is 1. The number of nitrogens with one attached hydrogen (secondary N) is 1. The minimum Gasteiger partial charge on any atom is -0.382 e. The van der Waals surface area contributed by atoms with Crippen LogP contribution in [0.5, 0.6) is 0 Å². The molecule has 2 rings (SSSR count). The van der Waals surface area contributed by atoms with Gasteiger partial charge >= 0.3 is 0 Å². The van der Waals surface area contributed by atoms with Gasteiger partial charge in [-0.05, 0) is 31.9 Å². The molecular weight excluding hydrogens is 208 g/mol. The first-order valence-electron chi connectivity index (χ1n) is 5.28. The van der Waals surface area contributed by atoms with Crippen LogP contribution in [0.25, 0.3) is 0 Å². The Bertz CT molecular complexity index is 357. The van der Waals surface area contributed by atoms with Crippen molar-refractivity contribution in [1.82, 2.24) is 4.98 Å². The quantitative estimate of drug-likeness (QED) is 0.831. The molecule has 1 aromatic rings. The van der Waals surface area contributed by atoms with E-state index >= 15 is 0 Å². The summed E-state index contributed by atoms with van der Waals surface area (Å²) in [6, 6.07) is 4.51. The summed E-state index contributed by atoms with van der Waals surface area (Å²) in [6.45, 7) is 1.99. The van der Waals surface area contributed by atoms with E-state index in [1.165, 1.54) is 0 Å². The Hall–Kier alpha value is -0.900. The van der Waals surface area contributed by atoms with E-state index in [4.69, 9.17) is 0 Å². The van der Waals surface area contributed by atoms with Crippen molar-refractivity contribution in [2.75, 3.05) is 16.8 Å². The molecule has 0 aliphatic carbocycles. The Labute approximate surface area is 92.8 Å². The van der Waals surface area contributed by atoms with E-state index in [0.717, 1.165) is 35.7 Å². The van der Waals surface area contributed by atoms with Gasteiger partial charge in [0.05, 0.1) is 0 Å². The lowest BCUT2D eigenvalue weighted by molar-refractivity contribution is 0.624. The van der Waals surface area contributed by atoms with E-state index < -0.39 is 10.8 Å². The average Bonchev–Trinajstić information content (AvgIpc) is 2.22. The fourth-order valence-electron chi connectivity index (χ4n) is 1.81. The predicted octanol–water partition coefficient (Wildman–Crippen LogP) is 1.71. The van der Waals surface area contributed by atoms with Crippen LogP contribution >= 0.6 is 0 Å². The highest BCUT2D eigenvalue weighted by Crippen LogP contribution is 2.16. The molecule has 0 unspecified atom stereocenters. The Kier molecular flexibility index (Phi) is 3.36. The van der Waals surface area contributed by atoms with Gasteiger partial charge in [0, 0.05) is 45.9 Å². The second-order valence-electron chi connectivity index (χ2n) is 3.95. The van der Waals surface area contributed by atoms with Crippen LogP contribution in [0.2, 0.25) is 0 Å². The first-order chi connectivity index (χ1) is 7.24. The smallest absolute Gasteiger partial charge is 0.0393 e. The van der Waals surface area contributed by atoms with E-state index in [2.05, 4.69) is 10.3 Å². The molecule has 0 atom stereocenters. The molecule has 15 heavy (non-hydrogen) atoms. The zero-order valence-electron chi connectivity index (χ0n) is 8.90. The number of nitrogens with zero attached hydrogens (tertiary/aromatic N) is 1. The van der Waals surface area contributed by atoms with Crippen molar-refractivity contribution in [3.63, 3.8) is 0 Å². The molecule has 1 aromatic heterocycles. The fraction of sp³-hybridized carbons (Fsp3) is 0.545. The lowest BCUT2D eigenvalue weighted by Gasteiger charge is -2.23. The number of hydrogen-bond donors (Lipinski definition) is 1. The molecule has 2 heterocycles. The maximum Gasteiger partial charge on any atom is 0.0393 e. The zero-order chi connectivity index (χ0) is 10.7. The monoisotopic (exact) mass is 224 g/mol. The number of hydrogen-bond acceptors (Lipinski definition) is 3. The molecule has 1 aliphatic rings. The average molecular weight is 224 g/mol. The SMILES string of the molecule is Cc1cc(NC2CCS(=O)CC2)ccn1. The van der Waals surface area contributed by atoms with Crippen molar-refractivity contribution in [2.24, 2.45) is 0 Å². The summed E-state index contributed by atoms with van der Waals surface area (Å²) in [5.74, 6) is 1.67. The van der Waals surface area contributed by atoms with Crippen molar-refractivity contribution in [3.05, 3.63) is 24.0 Å². The third-order valence-corrected chi connectivity index (χ3v) is 4.04. The van der Waals surface area contributed by atoms with Crippen LogP contribution in [0.1, 0.15) is 18.5 Å². The van der Waals surface area contributed by atoms with Crippen LogP contribution in [0.3, 0.4) is 0 Å². The molecule has 0 saturated carbocycles. The second kappa shape index (κ2) is 4.75. The number of anilines is 1. The summed E-state index contributed by atoms with van der Waals surface area (Å²) in [4.78, 5) is 4.16. The van der Waals surface area contributed by atoms with E-state index in [0.29, 0.717) is 6.04 Å². The largest absolute Gasteiger partial charge is 0.382 e. The second-order valence-corrected chi connectivity index (χ2v) is 5.65. The van der Waals surface area contributed by atoms with Crippen LogP contribution < -0.4 is 5.32 Å². The third kappa shape index (κ3) is 3.02. The fourth-order valence-corrected chi connectivity index (χ4v) is 3.11. The first kappa shape index (κ1) is 10.6. The van der Waals surface area contributed by atoms with E-state index in [-0.39, 0.29) is 0 Å². The number of rotatable bonds is 2. The van der Waals surface area contributed by atoms with Gasteiger partial charge in [-0.1, -0.05) is 0 Å². The van der Waals surface area contributed by atoms with E-state index in [1.54, 1.807) is 0 Å². The van der Waals surface area contributed by atoms with Gasteiger partial charge in [-0.3, -0.25) is 9.19 Å². The molecule has 0 amide bonds. The molecule has 0 bridgehead atoms. The predicted molar refractivity (Wildman–Crippen MR) is 63.5 cm³/mol. The van der Waals surface area contributed by atoms with Gasteiger partial charge in [0.2, 0.25) is 0 Å². The number of aryl methyl sites for hydroxylation is 1. The number of pyridine rings is 1. The highest BCUT2D eigenvalue weighted by atomic mass is 32.2. The van der Waals surface area contributed by atoms with Crippen molar-refractivity contribution >= 4 is 16.5 Å². The van der Waals surface area contributed by atoms with Crippen molar-refractivity contribution in [3.8, 4) is 0 Å². The lowest BCUT2D eigenvalue weighted by atomic mass is 10.1. The molecule has 0 radical (unpaired) electrons. The molecule has 1 N–H and O–H groups in total. The van der Waals surface area contributed by atoms with Crippen LogP contribution in [-0.4, -0.2) is 26.7 Å². The van der Waals surface area contributed by atoms with Crippen molar-refractivity contribution in [2.45, 2.75) is 25.8 Å². The molecule has 0 aromatic carbocycles. The van der Waals surface area contributed by atoms with Crippen LogP contribution in [0.15, 0.2) is 18.3 Å². The molecular formula is C11H16N2OS. The summed E-state index contributed by atoms with van der Waals surface area (Å²) < 4.78 is 11.2. The van der Waals surface area contributed by atoms with Gasteiger partial charge in [-0.25, -0.2) is 0 Å². The standard InChI is InChI=1S/C11H16N2OS/c1-9-8-11(2-5-12-9)13-10-3-6-15(14)7-4-10/h2,5,8,10H,3-4,6-7H2,1H3,(H,12,13). The molecule has 82 valence electrons. The highest BCUT2D eigenvalue weighted by molar-refractivity contribution is 7.85. The molecule has 1 aliphatic heterocycles. The first-order valence-corrected chi connectivity index (χ1v) is 6.77. The Morgan fingerprint density at radius 1 is 1.47 bits per heavy atom. The molecule has 0 spiro atoms. The highest BCUT2D eigenvalue weighted by Gasteiger charge is 2.17. The minimum absolute atomic E-state index is 0.476. The molecule has 4 heteroatoms. The lowest BCUT2D eigenvalue weighted by Crippen LogP contribution is -2.29. The summed E-state index contributed by atoms with van der Waals surface area (Å²) in [5, 5.41) is 3.47. The molecule has 3 nitrogen and oxygen atoms in total. The van der Waals surface area contributed by atoms with Crippen molar-refractivity contribution < 1.29 is 4.21 Å². The van der Waals surface area contributed by atoms with Gasteiger partial charge < -0.3 is 5.32 Å². The zero-order valence-corrected chi connectivity index (χ0v) is 9.72. The van der Waals surface area contributed by atoms with Gasteiger partial charge in [-0.15, -0.1) is 0 Å². The van der Waals surface area contributed by atoms with Crippen molar-refractivity contribution in [1.29, 1.82) is 0 Å². The Balaban J connectivity index is 1.94. The van der Waals surface area contributed by atoms with Gasteiger partial charge in [0.15, 0.2) is 0 Å². The van der Waals surface area contributed by atoms with E-state index in [1.807, 2.05) is 25.3 Å². The van der Waals surface area contributed by atoms with Gasteiger partial charge in [0.1, 0.15) is 0 Å². The minimum atomic E-state index is -0.576. The topological polar surface area (TPSA) is 42.0 Å². The maximum atomic E-state index is 11.2. The Morgan fingerprint density at radius 3 is 2.87 bits per heavy atom. The van der Waals surface area contributed by atoms with Gasteiger partial charge in [-0.2, -0.15) is 0 Å².